The molecule has 0 aliphatic heterocycles. The first kappa shape index (κ1) is 25.5. The van der Waals surface area contributed by atoms with Gasteiger partial charge in [-0.1, -0.05) is 37.1 Å². The van der Waals surface area contributed by atoms with E-state index >= 15 is 0 Å². The van der Waals surface area contributed by atoms with Gasteiger partial charge in [0.2, 0.25) is 0 Å². The molecule has 3 saturated carbocycles. The van der Waals surface area contributed by atoms with Crippen molar-refractivity contribution >= 4 is 5.97 Å². The van der Waals surface area contributed by atoms with Crippen molar-refractivity contribution < 1.29 is 24.9 Å². The predicted octanol–water partition coefficient (Wildman–Crippen LogP) is 4.69. The van der Waals surface area contributed by atoms with Crippen molar-refractivity contribution in [1.29, 1.82) is 0 Å². The fourth-order valence-corrected chi connectivity index (χ4v) is 6.42. The van der Waals surface area contributed by atoms with Crippen molar-refractivity contribution in [3.05, 3.63) is 23.3 Å². The molecule has 32 heavy (non-hydrogen) atoms. The van der Waals surface area contributed by atoms with Crippen molar-refractivity contribution in [2.45, 2.75) is 116 Å². The maximum atomic E-state index is 12.3. The second kappa shape index (κ2) is 9.99. The highest BCUT2D eigenvalue weighted by Crippen LogP contribution is 2.58. The molecule has 0 bridgehead atoms. The molecular weight excluding hydrogens is 404 g/mol. The van der Waals surface area contributed by atoms with Crippen LogP contribution in [-0.4, -0.2) is 45.2 Å². The van der Waals surface area contributed by atoms with E-state index in [1.807, 2.05) is 13.8 Å². The van der Waals surface area contributed by atoms with Crippen LogP contribution in [0.3, 0.4) is 0 Å². The van der Waals surface area contributed by atoms with E-state index in [-0.39, 0.29) is 29.8 Å². The van der Waals surface area contributed by atoms with Crippen LogP contribution in [-0.2, 0) is 9.53 Å². The molecule has 0 amide bonds. The third kappa shape index (κ3) is 5.84. The zero-order chi connectivity index (χ0) is 23.7. The van der Waals surface area contributed by atoms with Crippen LogP contribution in [0.2, 0.25) is 0 Å². The Labute approximate surface area is 193 Å². The van der Waals surface area contributed by atoms with Crippen LogP contribution in [0.15, 0.2) is 23.3 Å². The smallest absolute Gasteiger partial charge is 0.306 e. The largest absolute Gasteiger partial charge is 0.462 e. The van der Waals surface area contributed by atoms with E-state index in [9.17, 15) is 20.1 Å². The van der Waals surface area contributed by atoms with Crippen molar-refractivity contribution in [2.24, 2.45) is 23.2 Å². The summed E-state index contributed by atoms with van der Waals surface area (Å²) >= 11 is 0. The average Bonchev–Trinajstić information content (AvgIpc) is 3.06. The van der Waals surface area contributed by atoms with Crippen LogP contribution in [0.25, 0.3) is 0 Å². The Morgan fingerprint density at radius 1 is 1.22 bits per heavy atom. The SMILES string of the molecule is CC1[C@H](O)CC(=CC=C2CCC[C@]3(C)[C@@H]([C@H](C)OC(=O)CCC(C)(C)O)CC[C@@H]23)C[C@H]1O. The summed E-state index contributed by atoms with van der Waals surface area (Å²) in [5, 5.41) is 30.3. The summed E-state index contributed by atoms with van der Waals surface area (Å²) in [5.74, 6) is 0.551. The average molecular weight is 449 g/mol. The lowest BCUT2D eigenvalue weighted by Crippen LogP contribution is -2.39. The molecule has 0 heterocycles. The first-order valence-corrected chi connectivity index (χ1v) is 12.6. The van der Waals surface area contributed by atoms with Crippen LogP contribution in [0, 0.1) is 23.2 Å². The zero-order valence-corrected chi connectivity index (χ0v) is 20.6. The fourth-order valence-electron chi connectivity index (χ4n) is 6.42. The van der Waals surface area contributed by atoms with Gasteiger partial charge in [-0.3, -0.25) is 4.79 Å². The molecule has 0 unspecified atom stereocenters. The van der Waals surface area contributed by atoms with Gasteiger partial charge in [0.1, 0.15) is 6.10 Å². The molecule has 0 radical (unpaired) electrons. The topological polar surface area (TPSA) is 87.0 Å². The molecule has 3 N–H and O–H groups in total. The van der Waals surface area contributed by atoms with E-state index in [0.717, 1.165) is 37.7 Å². The second-order valence-electron chi connectivity index (χ2n) is 11.6. The van der Waals surface area contributed by atoms with E-state index in [0.29, 0.717) is 31.1 Å². The Morgan fingerprint density at radius 2 is 1.88 bits per heavy atom. The normalized spacial score (nSPS) is 37.8. The third-order valence-electron chi connectivity index (χ3n) is 8.55. The van der Waals surface area contributed by atoms with E-state index in [4.69, 9.17) is 4.74 Å². The van der Waals surface area contributed by atoms with Gasteiger partial charge in [0, 0.05) is 18.3 Å². The first-order chi connectivity index (χ1) is 14.9. The molecule has 0 aromatic rings. The number of carbonyl (C=O) groups is 1. The van der Waals surface area contributed by atoms with Crippen LogP contribution in [0.1, 0.15) is 92.4 Å². The summed E-state index contributed by atoms with van der Waals surface area (Å²) in [7, 11) is 0. The summed E-state index contributed by atoms with van der Waals surface area (Å²) in [6, 6.07) is 0. The van der Waals surface area contributed by atoms with Crippen LogP contribution < -0.4 is 0 Å². The molecule has 0 aromatic carbocycles. The van der Waals surface area contributed by atoms with E-state index < -0.39 is 17.8 Å². The first-order valence-electron chi connectivity index (χ1n) is 12.6. The number of aliphatic hydroxyl groups is 3. The zero-order valence-electron chi connectivity index (χ0n) is 20.6. The molecular formula is C27H44O5. The number of aliphatic hydroxyl groups excluding tert-OH is 2. The number of rotatable bonds is 6. The molecule has 3 rings (SSSR count). The lowest BCUT2D eigenvalue weighted by molar-refractivity contribution is -0.154. The molecule has 0 spiro atoms. The number of allylic oxidation sites excluding steroid dienone is 3. The minimum Gasteiger partial charge on any atom is -0.462 e. The number of ether oxygens (including phenoxy) is 1. The van der Waals surface area contributed by atoms with Gasteiger partial charge in [-0.25, -0.2) is 0 Å². The van der Waals surface area contributed by atoms with Crippen LogP contribution >= 0.6 is 0 Å². The predicted molar refractivity (Wildman–Crippen MR) is 126 cm³/mol. The van der Waals surface area contributed by atoms with Crippen molar-refractivity contribution in [3.63, 3.8) is 0 Å². The van der Waals surface area contributed by atoms with Gasteiger partial charge in [-0.05, 0) is 83.5 Å². The van der Waals surface area contributed by atoms with E-state index in [2.05, 4.69) is 19.1 Å². The molecule has 5 nitrogen and oxygen atoms in total. The van der Waals surface area contributed by atoms with Gasteiger partial charge in [0.05, 0.1) is 17.8 Å². The number of carbonyl (C=O) groups excluding carboxylic acids is 1. The lowest BCUT2D eigenvalue weighted by Gasteiger charge is -2.44. The molecule has 0 saturated heterocycles. The molecule has 3 aliphatic rings. The standard InChI is InChI=1S/C27H44O5/c1-17-23(28)15-19(16-24(17)29)8-9-20-7-6-13-27(5)21(10-11-22(20)27)18(2)32-25(30)12-14-26(3,4)31/h8-9,17-18,21-24,28-29,31H,6-7,10-16H2,1-5H3/t17?,18-,21+,22-,23+,24+,27+/m0/s1. The third-order valence-corrected chi connectivity index (χ3v) is 8.55. The summed E-state index contributed by atoms with van der Waals surface area (Å²) in [6.07, 6.45) is 10.8. The van der Waals surface area contributed by atoms with Gasteiger partial charge >= 0.3 is 5.97 Å². The highest BCUT2D eigenvalue weighted by Gasteiger charge is 2.51. The number of hydrogen-bond donors (Lipinski definition) is 3. The number of hydrogen-bond acceptors (Lipinski definition) is 5. The Kier molecular flexibility index (Phi) is 7.94. The van der Waals surface area contributed by atoms with Gasteiger partial charge in [-0.15, -0.1) is 0 Å². The summed E-state index contributed by atoms with van der Waals surface area (Å²) in [5.41, 5.74) is 1.87. The second-order valence-corrected chi connectivity index (χ2v) is 11.6. The molecule has 0 aromatic heterocycles. The number of esters is 1. The molecule has 3 fully saturated rings. The minimum atomic E-state index is -0.854. The number of fused-ring (bicyclic) bond motifs is 1. The monoisotopic (exact) mass is 448 g/mol. The molecule has 5 heteroatoms. The highest BCUT2D eigenvalue weighted by atomic mass is 16.5. The van der Waals surface area contributed by atoms with Crippen molar-refractivity contribution in [1.82, 2.24) is 0 Å². The van der Waals surface area contributed by atoms with Crippen molar-refractivity contribution in [3.8, 4) is 0 Å². The van der Waals surface area contributed by atoms with Gasteiger partial charge in [0.25, 0.3) is 0 Å². The highest BCUT2D eigenvalue weighted by molar-refractivity contribution is 5.69. The lowest BCUT2D eigenvalue weighted by atomic mass is 9.62. The fraction of sp³-hybridized carbons (Fsp3) is 0.815. The maximum Gasteiger partial charge on any atom is 0.306 e. The summed E-state index contributed by atoms with van der Waals surface area (Å²) < 4.78 is 5.83. The molecule has 3 aliphatic carbocycles. The summed E-state index contributed by atoms with van der Waals surface area (Å²) in [4.78, 5) is 12.3. The van der Waals surface area contributed by atoms with Crippen LogP contribution in [0.5, 0.6) is 0 Å². The quantitative estimate of drug-likeness (QED) is 0.513. The van der Waals surface area contributed by atoms with Gasteiger partial charge < -0.3 is 20.1 Å². The van der Waals surface area contributed by atoms with Gasteiger partial charge in [-0.2, -0.15) is 0 Å². The molecule has 182 valence electrons. The maximum absolute atomic E-state index is 12.3. The Hall–Kier alpha value is -1.17. The summed E-state index contributed by atoms with van der Waals surface area (Å²) in [6.45, 7) is 9.74. The Bertz CT molecular complexity index is 719. The van der Waals surface area contributed by atoms with E-state index in [1.54, 1.807) is 13.8 Å². The molecule has 6 atom stereocenters. The minimum absolute atomic E-state index is 0.0685. The van der Waals surface area contributed by atoms with E-state index in [1.165, 1.54) is 5.57 Å². The Balaban J connectivity index is 1.66. The Morgan fingerprint density at radius 3 is 2.50 bits per heavy atom. The van der Waals surface area contributed by atoms with Crippen LogP contribution in [0.4, 0.5) is 0 Å². The van der Waals surface area contributed by atoms with Gasteiger partial charge in [0.15, 0.2) is 0 Å². The van der Waals surface area contributed by atoms with Crippen molar-refractivity contribution in [2.75, 3.05) is 0 Å².